The Hall–Kier alpha value is -3.67. The number of nitrogens with zero attached hydrogens (tertiary/aromatic N) is 4. The summed E-state index contributed by atoms with van der Waals surface area (Å²) in [5, 5.41) is 20.1. The summed E-state index contributed by atoms with van der Waals surface area (Å²) in [5.41, 5.74) is 7.70. The third-order valence-electron chi connectivity index (χ3n) is 5.91. The number of nitrogens with one attached hydrogen (secondary N) is 5. The monoisotopic (exact) mass is 487 g/mol. The number of hydrazone groups is 1. The van der Waals surface area contributed by atoms with Crippen molar-refractivity contribution in [1.82, 2.24) is 30.5 Å². The van der Waals surface area contributed by atoms with Crippen LogP contribution < -0.4 is 15.7 Å². The van der Waals surface area contributed by atoms with Crippen LogP contribution >= 0.6 is 0 Å². The van der Waals surface area contributed by atoms with Gasteiger partial charge in [0.1, 0.15) is 5.84 Å². The Labute approximate surface area is 202 Å². The normalized spacial score (nSPS) is 15.2. The second-order valence-corrected chi connectivity index (χ2v) is 9.04. The third-order valence-corrected chi connectivity index (χ3v) is 5.91. The van der Waals surface area contributed by atoms with Gasteiger partial charge in [-0.2, -0.15) is 5.10 Å². The number of hydrogen-bond donors (Lipinski definition) is 5. The molecular weight excluding hydrogens is 456 g/mol. The van der Waals surface area contributed by atoms with E-state index >= 15 is 0 Å². The SMILES string of the molecule is Cc1cc2c(F)c(OC(=N)C/C(=N/NNc3cc(C(C)C)[nH]n3)N3CCN(C)CC3)c(F)cc2[nH]1. The van der Waals surface area contributed by atoms with Crippen LogP contribution in [0.5, 0.6) is 5.75 Å². The smallest absolute Gasteiger partial charge is 0.201 e. The van der Waals surface area contributed by atoms with Crippen molar-refractivity contribution in [2.24, 2.45) is 5.10 Å². The van der Waals surface area contributed by atoms with Crippen molar-refractivity contribution < 1.29 is 13.5 Å². The molecule has 10 nitrogen and oxygen atoms in total. The maximum atomic E-state index is 14.9. The number of fused-ring (bicyclic) bond motifs is 1. The van der Waals surface area contributed by atoms with E-state index in [1.807, 2.05) is 18.0 Å². The summed E-state index contributed by atoms with van der Waals surface area (Å²) in [5.74, 6) is -1.25. The maximum Gasteiger partial charge on any atom is 0.201 e. The molecule has 188 valence electrons. The molecule has 1 aromatic carbocycles. The Kier molecular flexibility index (Phi) is 7.20. The minimum absolute atomic E-state index is 0.0563. The Morgan fingerprint density at radius 3 is 2.66 bits per heavy atom. The molecule has 0 amide bonds. The number of piperazine rings is 1. The first kappa shape index (κ1) is 24.5. The van der Waals surface area contributed by atoms with Crippen molar-refractivity contribution in [2.45, 2.75) is 33.1 Å². The minimum Gasteiger partial charge on any atom is -0.437 e. The summed E-state index contributed by atoms with van der Waals surface area (Å²) in [4.78, 5) is 7.11. The van der Waals surface area contributed by atoms with E-state index in [4.69, 9.17) is 10.1 Å². The molecule has 0 unspecified atom stereocenters. The highest BCUT2D eigenvalue weighted by Gasteiger charge is 2.23. The van der Waals surface area contributed by atoms with Gasteiger partial charge >= 0.3 is 0 Å². The average molecular weight is 488 g/mol. The highest BCUT2D eigenvalue weighted by molar-refractivity contribution is 5.99. The zero-order valence-corrected chi connectivity index (χ0v) is 20.3. The number of benzene rings is 1. The van der Waals surface area contributed by atoms with E-state index in [9.17, 15) is 8.78 Å². The van der Waals surface area contributed by atoms with Crippen LogP contribution in [-0.4, -0.2) is 69.9 Å². The molecule has 0 aliphatic carbocycles. The van der Waals surface area contributed by atoms with Crippen LogP contribution in [-0.2, 0) is 0 Å². The molecule has 1 aliphatic heterocycles. The molecule has 0 radical (unpaired) electrons. The lowest BCUT2D eigenvalue weighted by atomic mass is 10.1. The van der Waals surface area contributed by atoms with E-state index in [0.717, 1.165) is 18.8 Å². The van der Waals surface area contributed by atoms with Gasteiger partial charge in [0, 0.05) is 55.1 Å². The van der Waals surface area contributed by atoms with Gasteiger partial charge in [-0.25, -0.2) is 14.3 Å². The van der Waals surface area contributed by atoms with Crippen molar-refractivity contribution in [2.75, 3.05) is 38.7 Å². The number of halogens is 2. The lowest BCUT2D eigenvalue weighted by Gasteiger charge is -2.34. The number of likely N-dealkylation sites (N-methyl/N-ethyl adjacent to an activating group) is 1. The molecule has 4 rings (SSSR count). The number of aromatic nitrogens is 3. The number of amidine groups is 1. The lowest BCUT2D eigenvalue weighted by molar-refractivity contribution is 0.213. The fraction of sp³-hybridized carbons (Fsp3) is 0.435. The Bertz CT molecular complexity index is 1230. The van der Waals surface area contributed by atoms with Gasteiger partial charge in [0.05, 0.1) is 11.9 Å². The van der Waals surface area contributed by atoms with Crippen LogP contribution in [0, 0.1) is 24.0 Å². The molecule has 0 bridgehead atoms. The van der Waals surface area contributed by atoms with Gasteiger partial charge in [0.25, 0.3) is 0 Å². The molecule has 12 heteroatoms. The van der Waals surface area contributed by atoms with Gasteiger partial charge in [-0.05, 0) is 26.0 Å². The summed E-state index contributed by atoms with van der Waals surface area (Å²) in [6, 6.07) is 4.62. The van der Waals surface area contributed by atoms with Crippen LogP contribution in [0.1, 0.15) is 37.6 Å². The molecule has 0 spiro atoms. The first-order valence-electron chi connectivity index (χ1n) is 11.5. The van der Waals surface area contributed by atoms with Gasteiger partial charge in [0.2, 0.25) is 5.75 Å². The Morgan fingerprint density at radius 2 is 1.97 bits per heavy atom. The van der Waals surface area contributed by atoms with Gasteiger partial charge < -0.3 is 19.5 Å². The summed E-state index contributed by atoms with van der Waals surface area (Å²) in [7, 11) is 2.04. The van der Waals surface area contributed by atoms with E-state index in [1.54, 1.807) is 13.0 Å². The topological polar surface area (TPSA) is 120 Å². The number of ether oxygens (including phenoxy) is 1. The van der Waals surface area contributed by atoms with E-state index in [1.165, 1.54) is 6.07 Å². The predicted molar refractivity (Wildman–Crippen MR) is 132 cm³/mol. The third kappa shape index (κ3) is 5.70. The van der Waals surface area contributed by atoms with Crippen LogP contribution in [0.15, 0.2) is 23.3 Å². The van der Waals surface area contributed by atoms with Crippen molar-refractivity contribution in [3.63, 3.8) is 0 Å². The number of aromatic amines is 2. The fourth-order valence-corrected chi connectivity index (χ4v) is 3.85. The molecule has 1 fully saturated rings. The second-order valence-electron chi connectivity index (χ2n) is 9.04. The van der Waals surface area contributed by atoms with Crippen LogP contribution in [0.25, 0.3) is 10.9 Å². The molecule has 3 aromatic rings. The summed E-state index contributed by atoms with van der Waals surface area (Å²) >= 11 is 0. The van der Waals surface area contributed by atoms with Crippen LogP contribution in [0.4, 0.5) is 14.6 Å². The summed E-state index contributed by atoms with van der Waals surface area (Å²) < 4.78 is 34.9. The van der Waals surface area contributed by atoms with E-state index < -0.39 is 17.4 Å². The Balaban J connectivity index is 1.48. The first-order valence-corrected chi connectivity index (χ1v) is 11.5. The summed E-state index contributed by atoms with van der Waals surface area (Å²) in [6.07, 6.45) is -0.0563. The number of H-pyrrole nitrogens is 2. The predicted octanol–water partition coefficient (Wildman–Crippen LogP) is 3.52. The van der Waals surface area contributed by atoms with E-state index in [2.05, 4.69) is 50.0 Å². The number of hydrogen-bond acceptors (Lipinski definition) is 7. The number of hydrazine groups is 1. The molecule has 5 N–H and O–H groups in total. The first-order chi connectivity index (χ1) is 16.7. The van der Waals surface area contributed by atoms with Crippen molar-refractivity contribution in [3.05, 3.63) is 41.2 Å². The number of anilines is 1. The molecule has 1 saturated heterocycles. The standard InChI is InChI=1S/C23H31F2N9O/c1-13(2)17-11-20(29-28-17)30-32-31-21(34-7-5-33(4)6-8-34)12-19(26)35-23-16(24)10-18-15(22(23)25)9-14(3)27-18/h9-11,13,26-27,32H,5-8,12H2,1-4H3,(H2,28,29,30)/b26-19?,31-21-. The molecule has 0 saturated carbocycles. The average Bonchev–Trinajstić information content (AvgIpc) is 3.43. The lowest BCUT2D eigenvalue weighted by Crippen LogP contribution is -2.48. The van der Waals surface area contributed by atoms with Gasteiger partial charge in [-0.15, -0.1) is 5.10 Å². The van der Waals surface area contributed by atoms with Crippen molar-refractivity contribution >= 4 is 28.5 Å². The van der Waals surface area contributed by atoms with Crippen molar-refractivity contribution in [1.29, 1.82) is 5.41 Å². The quantitative estimate of drug-likeness (QED) is 0.198. The summed E-state index contributed by atoms with van der Waals surface area (Å²) in [6.45, 7) is 8.91. The van der Waals surface area contributed by atoms with E-state index in [0.29, 0.717) is 41.9 Å². The highest BCUT2D eigenvalue weighted by atomic mass is 19.1. The Morgan fingerprint density at radius 1 is 1.23 bits per heavy atom. The number of aryl methyl sites for hydroxylation is 1. The molecular formula is C23H31F2N9O. The fourth-order valence-electron chi connectivity index (χ4n) is 3.85. The largest absolute Gasteiger partial charge is 0.437 e. The molecule has 2 aromatic heterocycles. The van der Waals surface area contributed by atoms with Gasteiger partial charge in [-0.1, -0.05) is 13.8 Å². The molecule has 35 heavy (non-hydrogen) atoms. The maximum absolute atomic E-state index is 14.9. The zero-order chi connectivity index (χ0) is 25.1. The molecule has 1 aliphatic rings. The van der Waals surface area contributed by atoms with Crippen LogP contribution in [0.3, 0.4) is 0 Å². The van der Waals surface area contributed by atoms with Crippen LogP contribution in [0.2, 0.25) is 0 Å². The molecule has 3 heterocycles. The minimum atomic E-state index is -0.876. The second kappa shape index (κ2) is 10.3. The highest BCUT2D eigenvalue weighted by Crippen LogP contribution is 2.30. The molecule has 0 atom stereocenters. The van der Waals surface area contributed by atoms with Crippen molar-refractivity contribution in [3.8, 4) is 5.75 Å². The number of rotatable bonds is 7. The zero-order valence-electron chi connectivity index (χ0n) is 20.3. The van der Waals surface area contributed by atoms with Gasteiger partial charge in [0.15, 0.2) is 23.4 Å². The van der Waals surface area contributed by atoms with E-state index in [-0.39, 0.29) is 17.7 Å². The van der Waals surface area contributed by atoms with Gasteiger partial charge in [-0.3, -0.25) is 15.9 Å².